The second-order valence-corrected chi connectivity index (χ2v) is 6.17. The molecule has 0 unspecified atom stereocenters. The van der Waals surface area contributed by atoms with Crippen molar-refractivity contribution in [3.63, 3.8) is 0 Å². The molecule has 0 aromatic heterocycles. The smallest absolute Gasteiger partial charge is 0.158 e. The van der Waals surface area contributed by atoms with Gasteiger partial charge in [0.1, 0.15) is 11.0 Å². The van der Waals surface area contributed by atoms with Crippen LogP contribution in [0.2, 0.25) is 0 Å². The van der Waals surface area contributed by atoms with Gasteiger partial charge in [-0.15, -0.1) is 0 Å². The molecule has 1 atom stereocenters. The van der Waals surface area contributed by atoms with Crippen molar-refractivity contribution in [1.82, 2.24) is 0 Å². The molecule has 17 heavy (non-hydrogen) atoms. The number of benzene rings is 1. The van der Waals surface area contributed by atoms with Crippen LogP contribution in [0, 0.1) is 0 Å². The Balaban J connectivity index is 3.20. The summed E-state index contributed by atoms with van der Waals surface area (Å²) in [5.41, 5.74) is 0.855. The third kappa shape index (κ3) is 3.06. The monoisotopic (exact) mass is 255 g/mol. The number of oxime groups is 1. The molecule has 1 rings (SSSR count). The predicted octanol–water partition coefficient (Wildman–Crippen LogP) is 2.08. The van der Waals surface area contributed by atoms with Gasteiger partial charge in [0.2, 0.25) is 0 Å². The fourth-order valence-electron chi connectivity index (χ4n) is 1.74. The number of rotatable bonds is 5. The molecule has 5 heteroatoms. The van der Waals surface area contributed by atoms with Crippen molar-refractivity contribution in [1.29, 1.82) is 0 Å². The molecule has 0 bridgehead atoms. The van der Waals surface area contributed by atoms with Crippen LogP contribution < -0.4 is 0 Å². The molecule has 0 heterocycles. The van der Waals surface area contributed by atoms with Gasteiger partial charge in [0, 0.05) is 11.3 Å². The summed E-state index contributed by atoms with van der Waals surface area (Å²) >= 11 is 0. The first-order chi connectivity index (χ1) is 8.06. The molecule has 0 fully saturated rings. The minimum absolute atomic E-state index is 0.0390. The van der Waals surface area contributed by atoms with Crippen molar-refractivity contribution >= 4 is 15.5 Å². The van der Waals surface area contributed by atoms with Crippen molar-refractivity contribution in [2.24, 2.45) is 5.16 Å². The van der Waals surface area contributed by atoms with E-state index in [4.69, 9.17) is 5.21 Å². The Kier molecular flexibility index (Phi) is 4.69. The summed E-state index contributed by atoms with van der Waals surface area (Å²) in [7, 11) is -3.26. The molecule has 0 aliphatic carbocycles. The van der Waals surface area contributed by atoms with Gasteiger partial charge in [-0.2, -0.15) is 0 Å². The van der Waals surface area contributed by atoms with E-state index < -0.39 is 15.1 Å². The maximum Gasteiger partial charge on any atom is 0.158 e. The summed E-state index contributed by atoms with van der Waals surface area (Å²) < 4.78 is 23.8. The average molecular weight is 255 g/mol. The highest BCUT2D eigenvalue weighted by Gasteiger charge is 2.28. The Hall–Kier alpha value is -1.36. The van der Waals surface area contributed by atoms with Crippen LogP contribution in [0.1, 0.15) is 25.8 Å². The van der Waals surface area contributed by atoms with E-state index in [0.29, 0.717) is 12.0 Å². The highest BCUT2D eigenvalue weighted by atomic mass is 32.2. The van der Waals surface area contributed by atoms with Crippen LogP contribution in [-0.2, 0) is 9.84 Å². The molecule has 1 aromatic rings. The Bertz CT molecular complexity index is 480. The van der Waals surface area contributed by atoms with Gasteiger partial charge in [0.05, 0.1) is 0 Å². The van der Waals surface area contributed by atoms with Gasteiger partial charge in [-0.3, -0.25) is 0 Å². The number of nitrogens with zero attached hydrogens (tertiary/aromatic N) is 1. The zero-order valence-corrected chi connectivity index (χ0v) is 10.8. The molecule has 1 N–H and O–H groups in total. The minimum Gasteiger partial charge on any atom is -0.411 e. The fourth-order valence-corrected chi connectivity index (χ4v) is 3.17. The van der Waals surface area contributed by atoms with Gasteiger partial charge < -0.3 is 5.21 Å². The average Bonchev–Trinajstić information content (AvgIpc) is 2.36. The highest BCUT2D eigenvalue weighted by molar-refractivity contribution is 7.92. The Morgan fingerprint density at radius 1 is 1.29 bits per heavy atom. The van der Waals surface area contributed by atoms with E-state index in [1.165, 1.54) is 0 Å². The third-order valence-electron chi connectivity index (χ3n) is 2.69. The first kappa shape index (κ1) is 13.7. The van der Waals surface area contributed by atoms with Crippen molar-refractivity contribution in [2.75, 3.05) is 5.75 Å². The summed E-state index contributed by atoms with van der Waals surface area (Å²) in [6.45, 7) is 3.37. The number of hydrogen-bond donors (Lipinski definition) is 1. The zero-order chi connectivity index (χ0) is 12.9. The van der Waals surface area contributed by atoms with E-state index in [1.54, 1.807) is 38.1 Å². The van der Waals surface area contributed by atoms with Gasteiger partial charge in [-0.25, -0.2) is 8.42 Å². The van der Waals surface area contributed by atoms with Crippen LogP contribution in [0.5, 0.6) is 0 Å². The van der Waals surface area contributed by atoms with Gasteiger partial charge in [-0.05, 0) is 6.42 Å². The Labute approximate surface area is 102 Å². The highest BCUT2D eigenvalue weighted by Crippen LogP contribution is 2.15. The van der Waals surface area contributed by atoms with Crippen LogP contribution in [0.25, 0.3) is 0 Å². The summed E-state index contributed by atoms with van der Waals surface area (Å²) in [5.74, 6) is 0.0390. The van der Waals surface area contributed by atoms with Crippen LogP contribution >= 0.6 is 0 Å². The molecule has 0 spiro atoms. The van der Waals surface area contributed by atoms with Crippen molar-refractivity contribution in [2.45, 2.75) is 25.5 Å². The molecule has 1 aromatic carbocycles. The van der Waals surface area contributed by atoms with Crippen molar-refractivity contribution in [3.05, 3.63) is 35.9 Å². The van der Waals surface area contributed by atoms with Crippen LogP contribution in [0.4, 0.5) is 0 Å². The zero-order valence-electron chi connectivity index (χ0n) is 10.00. The summed E-state index contributed by atoms with van der Waals surface area (Å²) in [6, 6.07) is 8.87. The van der Waals surface area contributed by atoms with Crippen LogP contribution in [0.3, 0.4) is 0 Å². The molecule has 94 valence electrons. The van der Waals surface area contributed by atoms with Crippen molar-refractivity contribution in [3.8, 4) is 0 Å². The lowest BCUT2D eigenvalue weighted by Crippen LogP contribution is -2.31. The SMILES string of the molecule is CC[C@H](/C(=N\O)c1ccccc1)S(=O)(=O)CC. The first-order valence-electron chi connectivity index (χ1n) is 5.55. The van der Waals surface area contributed by atoms with Gasteiger partial charge >= 0.3 is 0 Å². The molecule has 4 nitrogen and oxygen atoms in total. The lowest BCUT2D eigenvalue weighted by Gasteiger charge is -2.16. The largest absolute Gasteiger partial charge is 0.411 e. The third-order valence-corrected chi connectivity index (χ3v) is 4.92. The summed E-state index contributed by atoms with van der Waals surface area (Å²) in [4.78, 5) is 0. The summed E-state index contributed by atoms with van der Waals surface area (Å²) in [5, 5.41) is 11.5. The van der Waals surface area contributed by atoms with Crippen LogP contribution in [0.15, 0.2) is 35.5 Å². The van der Waals surface area contributed by atoms with E-state index in [2.05, 4.69) is 5.16 Å². The van der Waals surface area contributed by atoms with E-state index in [1.807, 2.05) is 6.07 Å². The topological polar surface area (TPSA) is 66.7 Å². The number of hydrogen-bond acceptors (Lipinski definition) is 4. The molecule has 0 saturated carbocycles. The molecule has 0 amide bonds. The van der Waals surface area contributed by atoms with E-state index in [-0.39, 0.29) is 11.5 Å². The maximum atomic E-state index is 11.9. The van der Waals surface area contributed by atoms with Gasteiger partial charge in [0.25, 0.3) is 0 Å². The standard InChI is InChI=1S/C12H17NO3S/c1-3-11(17(15,16)4-2)12(13-14)10-8-6-5-7-9-10/h5-9,11,14H,3-4H2,1-2H3/b13-12-/t11-/m1/s1. The first-order valence-corrected chi connectivity index (χ1v) is 7.27. The second kappa shape index (κ2) is 5.82. The molecular formula is C12H17NO3S. The minimum atomic E-state index is -3.26. The Morgan fingerprint density at radius 3 is 2.29 bits per heavy atom. The molecule has 0 aliphatic rings. The number of sulfone groups is 1. The summed E-state index contributed by atoms with van der Waals surface area (Å²) in [6.07, 6.45) is 0.393. The van der Waals surface area contributed by atoms with Crippen LogP contribution in [-0.4, -0.2) is 30.3 Å². The van der Waals surface area contributed by atoms with Crippen molar-refractivity contribution < 1.29 is 13.6 Å². The van der Waals surface area contributed by atoms with Gasteiger partial charge in [0.15, 0.2) is 9.84 Å². The lowest BCUT2D eigenvalue weighted by atomic mass is 10.1. The van der Waals surface area contributed by atoms with E-state index in [0.717, 1.165) is 0 Å². The maximum absolute atomic E-state index is 11.9. The molecule has 0 radical (unpaired) electrons. The second-order valence-electron chi connectivity index (χ2n) is 3.70. The lowest BCUT2D eigenvalue weighted by molar-refractivity contribution is 0.318. The Morgan fingerprint density at radius 2 is 1.88 bits per heavy atom. The predicted molar refractivity (Wildman–Crippen MR) is 68.3 cm³/mol. The van der Waals surface area contributed by atoms with E-state index >= 15 is 0 Å². The molecule has 0 aliphatic heterocycles. The van der Waals surface area contributed by atoms with E-state index in [9.17, 15) is 8.42 Å². The molecular weight excluding hydrogens is 238 g/mol. The molecule has 0 saturated heterocycles. The normalized spacial score (nSPS) is 14.6. The quantitative estimate of drug-likeness (QED) is 0.497. The fraction of sp³-hybridized carbons (Fsp3) is 0.417. The van der Waals surface area contributed by atoms with Gasteiger partial charge in [-0.1, -0.05) is 49.3 Å².